The lowest BCUT2D eigenvalue weighted by Crippen LogP contribution is -2.22. The van der Waals surface area contributed by atoms with E-state index in [4.69, 9.17) is 10.5 Å². The van der Waals surface area contributed by atoms with E-state index < -0.39 is 0 Å². The monoisotopic (exact) mass is 270 g/mol. The van der Waals surface area contributed by atoms with Gasteiger partial charge >= 0.3 is 0 Å². The summed E-state index contributed by atoms with van der Waals surface area (Å²) >= 11 is 0. The molecular formula is C17H22N2O. The molecule has 0 amide bonds. The van der Waals surface area contributed by atoms with E-state index in [9.17, 15) is 0 Å². The molecule has 0 heterocycles. The average Bonchev–Trinajstić information content (AvgIpc) is 2.45. The molecule has 3 heteroatoms. The number of nitrogens with two attached hydrogens (primary N) is 1. The van der Waals surface area contributed by atoms with E-state index in [1.807, 2.05) is 18.2 Å². The van der Waals surface area contributed by atoms with Gasteiger partial charge in [-0.25, -0.2) is 0 Å². The van der Waals surface area contributed by atoms with Crippen LogP contribution in [0.1, 0.15) is 18.1 Å². The summed E-state index contributed by atoms with van der Waals surface area (Å²) in [6.45, 7) is 6.02. The third kappa shape index (κ3) is 3.44. The van der Waals surface area contributed by atoms with Crippen molar-refractivity contribution in [2.45, 2.75) is 20.4 Å². The van der Waals surface area contributed by atoms with Crippen LogP contribution in [0.3, 0.4) is 0 Å². The first-order chi connectivity index (χ1) is 9.62. The van der Waals surface area contributed by atoms with Crippen molar-refractivity contribution in [2.24, 2.45) is 0 Å². The van der Waals surface area contributed by atoms with Gasteiger partial charge in [-0.3, -0.25) is 0 Å². The molecule has 2 aromatic rings. The van der Waals surface area contributed by atoms with Crippen molar-refractivity contribution in [2.75, 3.05) is 24.3 Å². The summed E-state index contributed by atoms with van der Waals surface area (Å²) in [7, 11) is 1.66. The first kappa shape index (κ1) is 14.3. The maximum Gasteiger partial charge on any atom is 0.121 e. The van der Waals surface area contributed by atoms with Crippen LogP contribution in [0.5, 0.6) is 5.75 Å². The minimum atomic E-state index is 0.735. The van der Waals surface area contributed by atoms with Crippen LogP contribution < -0.4 is 15.4 Å². The second-order valence-corrected chi connectivity index (χ2v) is 4.96. The summed E-state index contributed by atoms with van der Waals surface area (Å²) in [5.74, 6) is 0.806. The average molecular weight is 270 g/mol. The third-order valence-electron chi connectivity index (χ3n) is 3.38. The number of benzene rings is 2. The Morgan fingerprint density at radius 2 is 1.80 bits per heavy atom. The minimum Gasteiger partial charge on any atom is -0.497 e. The predicted molar refractivity (Wildman–Crippen MR) is 85.3 cm³/mol. The maximum absolute atomic E-state index is 5.91. The number of rotatable bonds is 5. The van der Waals surface area contributed by atoms with Gasteiger partial charge < -0.3 is 15.4 Å². The third-order valence-corrected chi connectivity index (χ3v) is 3.38. The molecule has 0 atom stereocenters. The van der Waals surface area contributed by atoms with Crippen molar-refractivity contribution in [1.29, 1.82) is 0 Å². The second kappa shape index (κ2) is 6.33. The number of anilines is 2. The van der Waals surface area contributed by atoms with Gasteiger partial charge in [0, 0.05) is 30.5 Å². The zero-order chi connectivity index (χ0) is 14.5. The molecule has 0 bridgehead atoms. The van der Waals surface area contributed by atoms with Gasteiger partial charge in [-0.2, -0.15) is 0 Å². The van der Waals surface area contributed by atoms with Crippen molar-refractivity contribution in [3.8, 4) is 5.75 Å². The second-order valence-electron chi connectivity index (χ2n) is 4.96. The van der Waals surface area contributed by atoms with Crippen LogP contribution in [-0.4, -0.2) is 13.7 Å². The SMILES string of the molecule is CCN(Cc1cc(N)cc(OC)c1)c1ccc(C)cc1. The van der Waals surface area contributed by atoms with Gasteiger partial charge in [-0.05, 0) is 43.7 Å². The quantitative estimate of drug-likeness (QED) is 0.843. The van der Waals surface area contributed by atoms with Crippen molar-refractivity contribution >= 4 is 11.4 Å². The number of ether oxygens (including phenoxy) is 1. The van der Waals surface area contributed by atoms with Gasteiger partial charge in [0.1, 0.15) is 5.75 Å². The fraction of sp³-hybridized carbons (Fsp3) is 0.294. The first-order valence-electron chi connectivity index (χ1n) is 6.87. The van der Waals surface area contributed by atoms with Crippen LogP contribution in [0.4, 0.5) is 11.4 Å². The Labute approximate surface area is 121 Å². The lowest BCUT2D eigenvalue weighted by Gasteiger charge is -2.24. The molecular weight excluding hydrogens is 248 g/mol. The van der Waals surface area contributed by atoms with Gasteiger partial charge in [0.25, 0.3) is 0 Å². The molecule has 0 radical (unpaired) electrons. The van der Waals surface area contributed by atoms with Gasteiger partial charge in [0.15, 0.2) is 0 Å². The lowest BCUT2D eigenvalue weighted by molar-refractivity contribution is 0.414. The van der Waals surface area contributed by atoms with Gasteiger partial charge in [0.05, 0.1) is 7.11 Å². The zero-order valence-corrected chi connectivity index (χ0v) is 12.4. The van der Waals surface area contributed by atoms with E-state index >= 15 is 0 Å². The molecule has 3 nitrogen and oxygen atoms in total. The largest absolute Gasteiger partial charge is 0.497 e. The topological polar surface area (TPSA) is 38.5 Å². The van der Waals surface area contributed by atoms with Crippen LogP contribution in [0.25, 0.3) is 0 Å². The van der Waals surface area contributed by atoms with Gasteiger partial charge in [-0.15, -0.1) is 0 Å². The number of hydrogen-bond acceptors (Lipinski definition) is 3. The van der Waals surface area contributed by atoms with E-state index in [-0.39, 0.29) is 0 Å². The Bertz CT molecular complexity index is 564. The highest BCUT2D eigenvalue weighted by atomic mass is 16.5. The van der Waals surface area contributed by atoms with Gasteiger partial charge in [0.2, 0.25) is 0 Å². The molecule has 106 valence electrons. The first-order valence-corrected chi connectivity index (χ1v) is 6.87. The molecule has 0 saturated carbocycles. The van der Waals surface area contributed by atoms with Crippen LogP contribution in [0, 0.1) is 6.92 Å². The number of hydrogen-bond donors (Lipinski definition) is 1. The highest BCUT2D eigenvalue weighted by Crippen LogP contribution is 2.22. The summed E-state index contributed by atoms with van der Waals surface area (Å²) in [4.78, 5) is 2.31. The molecule has 0 aliphatic carbocycles. The number of methoxy groups -OCH3 is 1. The normalized spacial score (nSPS) is 10.3. The van der Waals surface area contributed by atoms with Crippen LogP contribution in [0.15, 0.2) is 42.5 Å². The highest BCUT2D eigenvalue weighted by Gasteiger charge is 2.07. The van der Waals surface area contributed by atoms with Crippen LogP contribution in [-0.2, 0) is 6.54 Å². The Kier molecular flexibility index (Phi) is 4.51. The highest BCUT2D eigenvalue weighted by molar-refractivity contribution is 5.51. The molecule has 0 fully saturated rings. The maximum atomic E-state index is 5.91. The summed E-state index contributed by atoms with van der Waals surface area (Å²) in [5.41, 5.74) is 10.3. The van der Waals surface area contributed by atoms with E-state index in [0.717, 1.165) is 30.1 Å². The van der Waals surface area contributed by atoms with Crippen molar-refractivity contribution in [3.63, 3.8) is 0 Å². The van der Waals surface area contributed by atoms with Crippen molar-refractivity contribution in [3.05, 3.63) is 53.6 Å². The molecule has 0 spiro atoms. The van der Waals surface area contributed by atoms with Gasteiger partial charge in [-0.1, -0.05) is 17.7 Å². The smallest absolute Gasteiger partial charge is 0.121 e. The molecule has 0 aliphatic rings. The molecule has 0 aliphatic heterocycles. The summed E-state index contributed by atoms with van der Waals surface area (Å²) in [6, 6.07) is 14.5. The fourth-order valence-electron chi connectivity index (χ4n) is 2.26. The number of nitrogen functional groups attached to an aromatic ring is 1. The van der Waals surface area contributed by atoms with Crippen molar-refractivity contribution in [1.82, 2.24) is 0 Å². The van der Waals surface area contributed by atoms with E-state index in [2.05, 4.69) is 43.0 Å². The Balaban J connectivity index is 2.21. The molecule has 20 heavy (non-hydrogen) atoms. The van der Waals surface area contributed by atoms with E-state index in [0.29, 0.717) is 0 Å². The molecule has 2 N–H and O–H groups in total. The molecule has 2 aromatic carbocycles. The summed E-state index contributed by atoms with van der Waals surface area (Å²) in [6.07, 6.45) is 0. The lowest BCUT2D eigenvalue weighted by atomic mass is 10.1. The zero-order valence-electron chi connectivity index (χ0n) is 12.4. The summed E-state index contributed by atoms with van der Waals surface area (Å²) < 4.78 is 5.27. The van der Waals surface area contributed by atoms with Crippen LogP contribution >= 0.6 is 0 Å². The molecule has 0 unspecified atom stereocenters. The van der Waals surface area contributed by atoms with Crippen molar-refractivity contribution < 1.29 is 4.74 Å². The number of aryl methyl sites for hydroxylation is 1. The fourth-order valence-corrected chi connectivity index (χ4v) is 2.26. The number of nitrogens with zero attached hydrogens (tertiary/aromatic N) is 1. The Morgan fingerprint density at radius 1 is 1.10 bits per heavy atom. The minimum absolute atomic E-state index is 0.735. The summed E-state index contributed by atoms with van der Waals surface area (Å²) in [5, 5.41) is 0. The predicted octanol–water partition coefficient (Wildman–Crippen LogP) is 3.61. The Morgan fingerprint density at radius 3 is 2.40 bits per heavy atom. The molecule has 2 rings (SSSR count). The van der Waals surface area contributed by atoms with E-state index in [1.54, 1.807) is 7.11 Å². The Hall–Kier alpha value is -2.16. The standard InChI is InChI=1S/C17H22N2O/c1-4-19(16-7-5-13(2)6-8-16)12-14-9-15(18)11-17(10-14)20-3/h5-11H,4,12,18H2,1-3H3. The van der Waals surface area contributed by atoms with E-state index in [1.165, 1.54) is 11.3 Å². The molecule has 0 aromatic heterocycles. The van der Waals surface area contributed by atoms with Crippen LogP contribution in [0.2, 0.25) is 0 Å². The molecule has 0 saturated heterocycles.